The molecule has 1 unspecified atom stereocenters. The quantitative estimate of drug-likeness (QED) is 0.735. The van der Waals surface area contributed by atoms with Gasteiger partial charge in [0.15, 0.2) is 0 Å². The van der Waals surface area contributed by atoms with Crippen molar-refractivity contribution < 1.29 is 5.11 Å². The SMILES string of the molecule is OC1CCc2[nH]c3cc(Br)c(Cl)nc3c2C1. The zero-order chi connectivity index (χ0) is 11.3. The first-order chi connectivity index (χ1) is 7.65. The molecule has 2 aromatic rings. The summed E-state index contributed by atoms with van der Waals surface area (Å²) in [5.41, 5.74) is 4.17. The maximum absolute atomic E-state index is 9.67. The van der Waals surface area contributed by atoms with Gasteiger partial charge in [0.2, 0.25) is 0 Å². The molecule has 16 heavy (non-hydrogen) atoms. The number of nitrogens with zero attached hydrogens (tertiary/aromatic N) is 1. The number of halogens is 2. The van der Waals surface area contributed by atoms with E-state index in [4.69, 9.17) is 11.6 Å². The second-order valence-electron chi connectivity index (χ2n) is 4.14. The number of nitrogens with one attached hydrogen (secondary N) is 1. The third-order valence-electron chi connectivity index (χ3n) is 3.04. The van der Waals surface area contributed by atoms with E-state index in [9.17, 15) is 5.11 Å². The minimum Gasteiger partial charge on any atom is -0.393 e. The lowest BCUT2D eigenvalue weighted by molar-refractivity contribution is 0.158. The predicted molar refractivity (Wildman–Crippen MR) is 66.8 cm³/mol. The second kappa shape index (κ2) is 3.72. The van der Waals surface area contributed by atoms with Gasteiger partial charge in [0.25, 0.3) is 0 Å². The van der Waals surface area contributed by atoms with Crippen molar-refractivity contribution in [3.8, 4) is 0 Å². The molecule has 3 rings (SSSR count). The van der Waals surface area contributed by atoms with E-state index in [0.717, 1.165) is 33.9 Å². The molecule has 0 radical (unpaired) electrons. The molecule has 1 aliphatic carbocycles. The summed E-state index contributed by atoms with van der Waals surface area (Å²) >= 11 is 9.35. The van der Waals surface area contributed by atoms with E-state index in [1.54, 1.807) is 0 Å². The second-order valence-corrected chi connectivity index (χ2v) is 5.35. The van der Waals surface area contributed by atoms with Crippen LogP contribution in [0.15, 0.2) is 10.5 Å². The zero-order valence-electron chi connectivity index (χ0n) is 8.43. The van der Waals surface area contributed by atoms with Crippen molar-refractivity contribution in [2.75, 3.05) is 0 Å². The average molecular weight is 302 g/mol. The highest BCUT2D eigenvalue weighted by molar-refractivity contribution is 9.10. The Labute approximate surface area is 106 Å². The van der Waals surface area contributed by atoms with Crippen LogP contribution in [0.3, 0.4) is 0 Å². The fourth-order valence-corrected chi connectivity index (χ4v) is 2.71. The normalized spacial score (nSPS) is 20.1. The van der Waals surface area contributed by atoms with Gasteiger partial charge >= 0.3 is 0 Å². The molecule has 0 aliphatic heterocycles. The Balaban J connectivity index is 2.27. The summed E-state index contributed by atoms with van der Waals surface area (Å²) in [7, 11) is 0. The van der Waals surface area contributed by atoms with Crippen LogP contribution in [0.25, 0.3) is 11.0 Å². The van der Waals surface area contributed by atoms with Crippen LogP contribution in [0.4, 0.5) is 0 Å². The van der Waals surface area contributed by atoms with E-state index >= 15 is 0 Å². The molecule has 3 nitrogen and oxygen atoms in total. The lowest BCUT2D eigenvalue weighted by Crippen LogP contribution is -2.17. The Bertz CT molecular complexity index is 567. The van der Waals surface area contributed by atoms with Gasteiger partial charge in [0, 0.05) is 17.7 Å². The van der Waals surface area contributed by atoms with Gasteiger partial charge in [-0.05, 0) is 34.8 Å². The summed E-state index contributed by atoms with van der Waals surface area (Å²) in [5.74, 6) is 0. The van der Waals surface area contributed by atoms with E-state index in [1.807, 2.05) is 6.07 Å². The van der Waals surface area contributed by atoms with Gasteiger partial charge in [0.05, 0.1) is 21.6 Å². The van der Waals surface area contributed by atoms with Gasteiger partial charge in [-0.25, -0.2) is 4.98 Å². The molecule has 2 heterocycles. The Kier molecular flexibility index (Phi) is 2.46. The van der Waals surface area contributed by atoms with E-state index in [0.29, 0.717) is 11.6 Å². The summed E-state index contributed by atoms with van der Waals surface area (Å²) < 4.78 is 0.792. The van der Waals surface area contributed by atoms with Crippen molar-refractivity contribution in [1.82, 2.24) is 9.97 Å². The van der Waals surface area contributed by atoms with Crippen LogP contribution < -0.4 is 0 Å². The highest BCUT2D eigenvalue weighted by atomic mass is 79.9. The van der Waals surface area contributed by atoms with Crippen molar-refractivity contribution in [3.05, 3.63) is 26.9 Å². The molecule has 1 atom stereocenters. The van der Waals surface area contributed by atoms with Crippen LogP contribution in [0.1, 0.15) is 17.7 Å². The number of hydrogen-bond acceptors (Lipinski definition) is 2. The minimum atomic E-state index is -0.254. The van der Waals surface area contributed by atoms with Gasteiger partial charge in [-0.3, -0.25) is 0 Å². The molecule has 1 aliphatic rings. The Hall–Kier alpha value is -0.580. The first-order valence-electron chi connectivity index (χ1n) is 5.18. The summed E-state index contributed by atoms with van der Waals surface area (Å²) in [4.78, 5) is 7.70. The van der Waals surface area contributed by atoms with Crippen LogP contribution in [0, 0.1) is 0 Å². The maximum atomic E-state index is 9.67. The van der Waals surface area contributed by atoms with Gasteiger partial charge in [-0.15, -0.1) is 0 Å². The van der Waals surface area contributed by atoms with E-state index < -0.39 is 0 Å². The zero-order valence-corrected chi connectivity index (χ0v) is 10.8. The third kappa shape index (κ3) is 1.56. The number of aryl methyl sites for hydroxylation is 1. The highest BCUT2D eigenvalue weighted by Gasteiger charge is 2.22. The van der Waals surface area contributed by atoms with Crippen LogP contribution in [-0.4, -0.2) is 21.2 Å². The fraction of sp³-hybridized carbons (Fsp3) is 0.364. The molecule has 2 N–H and O–H groups in total. The van der Waals surface area contributed by atoms with Gasteiger partial charge < -0.3 is 10.1 Å². The predicted octanol–water partition coefficient (Wildman–Crippen LogP) is 2.83. The number of rotatable bonds is 0. The minimum absolute atomic E-state index is 0.254. The van der Waals surface area contributed by atoms with E-state index in [2.05, 4.69) is 25.9 Å². The maximum Gasteiger partial charge on any atom is 0.144 e. The number of aliphatic hydroxyl groups excluding tert-OH is 1. The number of aliphatic hydroxyl groups is 1. The smallest absolute Gasteiger partial charge is 0.144 e. The first-order valence-corrected chi connectivity index (χ1v) is 6.36. The van der Waals surface area contributed by atoms with Crippen molar-refractivity contribution in [2.24, 2.45) is 0 Å². The van der Waals surface area contributed by atoms with Crippen LogP contribution in [0.5, 0.6) is 0 Å². The van der Waals surface area contributed by atoms with Gasteiger partial charge in [0.1, 0.15) is 5.15 Å². The molecule has 0 amide bonds. The lowest BCUT2D eigenvalue weighted by Gasteiger charge is -2.16. The Morgan fingerprint density at radius 2 is 2.38 bits per heavy atom. The number of hydrogen-bond donors (Lipinski definition) is 2. The number of H-pyrrole nitrogens is 1. The van der Waals surface area contributed by atoms with Crippen molar-refractivity contribution in [1.29, 1.82) is 0 Å². The molecule has 0 aromatic carbocycles. The van der Waals surface area contributed by atoms with E-state index in [1.165, 1.54) is 5.69 Å². The van der Waals surface area contributed by atoms with Gasteiger partial charge in [-0.2, -0.15) is 0 Å². The van der Waals surface area contributed by atoms with Crippen molar-refractivity contribution in [3.63, 3.8) is 0 Å². The van der Waals surface area contributed by atoms with Crippen LogP contribution in [0.2, 0.25) is 5.15 Å². The van der Waals surface area contributed by atoms with E-state index in [-0.39, 0.29) is 6.10 Å². The molecule has 0 bridgehead atoms. The molecular weight excluding hydrogens is 291 g/mol. The average Bonchev–Trinajstić information content (AvgIpc) is 2.57. The van der Waals surface area contributed by atoms with Crippen LogP contribution in [-0.2, 0) is 12.8 Å². The first kappa shape index (κ1) is 10.6. The standard InChI is InChI=1S/C11H10BrClN2O/c12-7-4-9-10(15-11(7)13)6-3-5(16)1-2-8(6)14-9/h4-5,14,16H,1-3H2. The Morgan fingerprint density at radius 1 is 1.56 bits per heavy atom. The third-order valence-corrected chi connectivity index (χ3v) is 4.16. The molecule has 0 saturated carbocycles. The van der Waals surface area contributed by atoms with Crippen molar-refractivity contribution >= 4 is 38.6 Å². The number of aromatic nitrogens is 2. The molecule has 0 spiro atoms. The van der Waals surface area contributed by atoms with Crippen molar-refractivity contribution in [2.45, 2.75) is 25.4 Å². The molecule has 0 fully saturated rings. The summed E-state index contributed by atoms with van der Waals surface area (Å²) in [6, 6.07) is 1.94. The molecular formula is C11H10BrClN2O. The largest absolute Gasteiger partial charge is 0.393 e. The highest BCUT2D eigenvalue weighted by Crippen LogP contribution is 2.31. The lowest BCUT2D eigenvalue weighted by atomic mass is 9.95. The fourth-order valence-electron chi connectivity index (χ4n) is 2.25. The van der Waals surface area contributed by atoms with Crippen LogP contribution >= 0.6 is 27.5 Å². The molecule has 84 valence electrons. The number of aromatic amines is 1. The summed E-state index contributed by atoms with van der Waals surface area (Å²) in [6.45, 7) is 0. The monoisotopic (exact) mass is 300 g/mol. The van der Waals surface area contributed by atoms with Gasteiger partial charge in [-0.1, -0.05) is 11.6 Å². The Morgan fingerprint density at radius 3 is 3.19 bits per heavy atom. The molecule has 5 heteroatoms. The molecule has 0 saturated heterocycles. The topological polar surface area (TPSA) is 48.9 Å². The number of pyridine rings is 1. The molecule has 2 aromatic heterocycles. The number of fused-ring (bicyclic) bond motifs is 3. The summed E-state index contributed by atoms with van der Waals surface area (Å²) in [5, 5.41) is 10.1. The summed E-state index contributed by atoms with van der Waals surface area (Å²) in [6.07, 6.45) is 2.10.